The Balaban J connectivity index is 1.57. The summed E-state index contributed by atoms with van der Waals surface area (Å²) in [4.78, 5) is 13.0. The molecule has 23 heavy (non-hydrogen) atoms. The van der Waals surface area contributed by atoms with Gasteiger partial charge in [0.2, 0.25) is 5.95 Å². The SMILES string of the molecule is c1ccc(-c2nc(NCCN3CCCC3)nc3sccc23)cc1. The Kier molecular flexibility index (Phi) is 4.22. The molecule has 2 aromatic heterocycles. The molecule has 0 saturated carbocycles. The molecular weight excluding hydrogens is 304 g/mol. The van der Waals surface area contributed by atoms with Gasteiger partial charge in [0, 0.05) is 24.0 Å². The number of rotatable bonds is 5. The van der Waals surface area contributed by atoms with Crippen LogP contribution in [0.1, 0.15) is 12.8 Å². The summed E-state index contributed by atoms with van der Waals surface area (Å²) < 4.78 is 0. The van der Waals surface area contributed by atoms with Crippen molar-refractivity contribution in [3.8, 4) is 11.3 Å². The summed E-state index contributed by atoms with van der Waals surface area (Å²) in [5.41, 5.74) is 2.15. The van der Waals surface area contributed by atoms with Gasteiger partial charge in [-0.1, -0.05) is 30.3 Å². The van der Waals surface area contributed by atoms with E-state index in [0.717, 1.165) is 40.5 Å². The Bertz CT molecular complexity index is 778. The van der Waals surface area contributed by atoms with Gasteiger partial charge in [0.1, 0.15) is 4.83 Å². The van der Waals surface area contributed by atoms with Gasteiger partial charge in [0.25, 0.3) is 0 Å². The highest BCUT2D eigenvalue weighted by molar-refractivity contribution is 7.16. The lowest BCUT2D eigenvalue weighted by Crippen LogP contribution is -2.26. The fourth-order valence-corrected chi connectivity index (χ4v) is 3.85. The van der Waals surface area contributed by atoms with E-state index in [1.54, 1.807) is 11.3 Å². The Morgan fingerprint density at radius 1 is 1.04 bits per heavy atom. The summed E-state index contributed by atoms with van der Waals surface area (Å²) >= 11 is 1.67. The van der Waals surface area contributed by atoms with E-state index in [-0.39, 0.29) is 0 Å². The average molecular weight is 324 g/mol. The van der Waals surface area contributed by atoms with Crippen LogP contribution in [0, 0.1) is 0 Å². The van der Waals surface area contributed by atoms with Crippen molar-refractivity contribution >= 4 is 27.5 Å². The second-order valence-corrected chi connectivity index (χ2v) is 6.77. The zero-order valence-electron chi connectivity index (χ0n) is 13.0. The maximum Gasteiger partial charge on any atom is 0.224 e. The van der Waals surface area contributed by atoms with E-state index in [1.165, 1.54) is 25.9 Å². The topological polar surface area (TPSA) is 41.1 Å². The van der Waals surface area contributed by atoms with Gasteiger partial charge in [-0.25, -0.2) is 9.97 Å². The van der Waals surface area contributed by atoms with E-state index in [9.17, 15) is 0 Å². The maximum absolute atomic E-state index is 4.77. The van der Waals surface area contributed by atoms with Crippen molar-refractivity contribution in [1.82, 2.24) is 14.9 Å². The van der Waals surface area contributed by atoms with Crippen molar-refractivity contribution in [2.75, 3.05) is 31.5 Å². The molecule has 118 valence electrons. The molecule has 1 aliphatic rings. The molecule has 0 atom stereocenters. The third-order valence-electron chi connectivity index (χ3n) is 4.28. The van der Waals surface area contributed by atoms with E-state index >= 15 is 0 Å². The van der Waals surface area contributed by atoms with Crippen molar-refractivity contribution in [3.63, 3.8) is 0 Å². The summed E-state index contributed by atoms with van der Waals surface area (Å²) in [5.74, 6) is 0.734. The van der Waals surface area contributed by atoms with Gasteiger partial charge in [0.15, 0.2) is 0 Å². The molecule has 0 bridgehead atoms. The van der Waals surface area contributed by atoms with Gasteiger partial charge < -0.3 is 10.2 Å². The minimum atomic E-state index is 0.734. The molecule has 1 saturated heterocycles. The fraction of sp³-hybridized carbons (Fsp3) is 0.333. The molecule has 1 fully saturated rings. The summed E-state index contributed by atoms with van der Waals surface area (Å²) in [6.07, 6.45) is 2.66. The molecule has 1 N–H and O–H groups in total. The molecule has 0 spiro atoms. The Morgan fingerprint density at radius 3 is 2.70 bits per heavy atom. The van der Waals surface area contributed by atoms with Crippen molar-refractivity contribution in [1.29, 1.82) is 0 Å². The first-order chi connectivity index (χ1) is 11.4. The normalized spacial score (nSPS) is 15.3. The van der Waals surface area contributed by atoms with E-state index < -0.39 is 0 Å². The van der Waals surface area contributed by atoms with Crippen LogP contribution in [0.3, 0.4) is 0 Å². The van der Waals surface area contributed by atoms with E-state index in [2.05, 4.69) is 50.9 Å². The van der Waals surface area contributed by atoms with E-state index in [1.807, 2.05) is 6.07 Å². The van der Waals surface area contributed by atoms with Gasteiger partial charge in [-0.2, -0.15) is 0 Å². The van der Waals surface area contributed by atoms with Crippen molar-refractivity contribution < 1.29 is 0 Å². The van der Waals surface area contributed by atoms with Gasteiger partial charge in [-0.15, -0.1) is 11.3 Å². The van der Waals surface area contributed by atoms with Crippen LogP contribution in [0.5, 0.6) is 0 Å². The van der Waals surface area contributed by atoms with Crippen LogP contribution in [-0.4, -0.2) is 41.0 Å². The number of nitrogens with zero attached hydrogens (tertiary/aromatic N) is 3. The Hall–Kier alpha value is -1.98. The molecule has 4 nitrogen and oxygen atoms in total. The van der Waals surface area contributed by atoms with Gasteiger partial charge in [-0.3, -0.25) is 0 Å². The number of aromatic nitrogens is 2. The Labute approximate surface area is 140 Å². The number of benzene rings is 1. The van der Waals surface area contributed by atoms with Crippen LogP contribution < -0.4 is 5.32 Å². The van der Waals surface area contributed by atoms with Crippen molar-refractivity contribution in [3.05, 3.63) is 41.8 Å². The maximum atomic E-state index is 4.77. The first-order valence-corrected chi connectivity index (χ1v) is 9.05. The summed E-state index contributed by atoms with van der Waals surface area (Å²) in [5, 5.41) is 6.62. The molecule has 0 aliphatic carbocycles. The summed E-state index contributed by atoms with van der Waals surface area (Å²) in [6, 6.07) is 12.5. The minimum absolute atomic E-state index is 0.734. The number of hydrogen-bond acceptors (Lipinski definition) is 5. The highest BCUT2D eigenvalue weighted by Gasteiger charge is 2.12. The first-order valence-electron chi connectivity index (χ1n) is 8.17. The monoisotopic (exact) mass is 324 g/mol. The standard InChI is InChI=1S/C18H20N4S/c1-2-6-14(7-3-1)16-15-8-13-23-17(15)21-18(20-16)19-9-12-22-10-4-5-11-22/h1-3,6-8,13H,4-5,9-12H2,(H,19,20,21). The Morgan fingerprint density at radius 2 is 1.87 bits per heavy atom. The molecule has 3 aromatic rings. The molecule has 3 heterocycles. The second kappa shape index (κ2) is 6.64. The summed E-state index contributed by atoms with van der Waals surface area (Å²) in [7, 11) is 0. The number of likely N-dealkylation sites (tertiary alicyclic amines) is 1. The lowest BCUT2D eigenvalue weighted by atomic mass is 10.1. The number of anilines is 1. The number of nitrogens with one attached hydrogen (secondary N) is 1. The van der Waals surface area contributed by atoms with E-state index in [4.69, 9.17) is 4.98 Å². The van der Waals surface area contributed by atoms with Gasteiger partial charge in [-0.05, 0) is 37.4 Å². The third kappa shape index (κ3) is 3.21. The molecule has 0 radical (unpaired) electrons. The van der Waals surface area contributed by atoms with Crippen LogP contribution in [0.4, 0.5) is 5.95 Å². The highest BCUT2D eigenvalue weighted by Crippen LogP contribution is 2.30. The third-order valence-corrected chi connectivity index (χ3v) is 5.09. The molecular formula is C18H20N4S. The van der Waals surface area contributed by atoms with E-state index in [0.29, 0.717) is 0 Å². The minimum Gasteiger partial charge on any atom is -0.353 e. The molecule has 0 unspecified atom stereocenters. The van der Waals surface area contributed by atoms with Crippen LogP contribution in [0.15, 0.2) is 41.8 Å². The van der Waals surface area contributed by atoms with Crippen molar-refractivity contribution in [2.24, 2.45) is 0 Å². The second-order valence-electron chi connectivity index (χ2n) is 5.88. The zero-order valence-corrected chi connectivity index (χ0v) is 13.9. The van der Waals surface area contributed by atoms with Gasteiger partial charge >= 0.3 is 0 Å². The molecule has 0 amide bonds. The first kappa shape index (κ1) is 14.6. The lowest BCUT2D eigenvalue weighted by molar-refractivity contribution is 0.352. The lowest BCUT2D eigenvalue weighted by Gasteiger charge is -2.15. The van der Waals surface area contributed by atoms with Crippen LogP contribution >= 0.6 is 11.3 Å². The predicted molar refractivity (Wildman–Crippen MR) is 97.0 cm³/mol. The number of hydrogen-bond donors (Lipinski definition) is 1. The largest absolute Gasteiger partial charge is 0.353 e. The van der Waals surface area contributed by atoms with Gasteiger partial charge in [0.05, 0.1) is 5.69 Å². The van der Waals surface area contributed by atoms with Crippen LogP contribution in [0.25, 0.3) is 21.5 Å². The summed E-state index contributed by atoms with van der Waals surface area (Å²) in [6.45, 7) is 4.40. The smallest absolute Gasteiger partial charge is 0.224 e. The number of fused-ring (bicyclic) bond motifs is 1. The molecule has 1 aliphatic heterocycles. The van der Waals surface area contributed by atoms with Crippen molar-refractivity contribution in [2.45, 2.75) is 12.8 Å². The quantitative estimate of drug-likeness (QED) is 0.773. The predicted octanol–water partition coefficient (Wildman–Crippen LogP) is 3.87. The van der Waals surface area contributed by atoms with Crippen LogP contribution in [0.2, 0.25) is 0 Å². The molecule has 5 heteroatoms. The molecule has 1 aromatic carbocycles. The van der Waals surface area contributed by atoms with Crippen LogP contribution in [-0.2, 0) is 0 Å². The fourth-order valence-electron chi connectivity index (χ4n) is 3.08. The average Bonchev–Trinajstić information content (AvgIpc) is 3.26. The zero-order chi connectivity index (χ0) is 15.5. The number of thiophene rings is 1. The highest BCUT2D eigenvalue weighted by atomic mass is 32.1. The molecule has 4 rings (SSSR count).